The Morgan fingerprint density at radius 3 is 2.50 bits per heavy atom. The zero-order chi connectivity index (χ0) is 17.4. The Bertz CT molecular complexity index is 664. The second-order valence-corrected chi connectivity index (χ2v) is 6.18. The van der Waals surface area contributed by atoms with Gasteiger partial charge in [0.15, 0.2) is 0 Å². The summed E-state index contributed by atoms with van der Waals surface area (Å²) in [4.78, 5) is 11.5. The molecule has 2 aromatic carbocycles. The summed E-state index contributed by atoms with van der Waals surface area (Å²) in [5.41, 5.74) is 0.504. The molecule has 128 valence electrons. The molecule has 0 aliphatic heterocycles. The van der Waals surface area contributed by atoms with E-state index in [0.29, 0.717) is 24.5 Å². The van der Waals surface area contributed by atoms with Gasteiger partial charge in [-0.15, -0.1) is 0 Å². The molecule has 1 amide bonds. The molecule has 0 radical (unpaired) electrons. The summed E-state index contributed by atoms with van der Waals surface area (Å²) >= 11 is 3.29. The van der Waals surface area contributed by atoms with Gasteiger partial charge in [0.1, 0.15) is 23.9 Å². The lowest BCUT2D eigenvalue weighted by Crippen LogP contribution is -2.35. The summed E-state index contributed by atoms with van der Waals surface area (Å²) in [5.74, 6) is 0.951. The molecule has 1 N–H and O–H groups in total. The summed E-state index contributed by atoms with van der Waals surface area (Å²) in [6.45, 7) is 0.710. The molecule has 0 aliphatic rings. The second-order valence-electron chi connectivity index (χ2n) is 5.08. The van der Waals surface area contributed by atoms with Crippen LogP contribution in [0.2, 0.25) is 0 Å². The topological polar surface area (TPSA) is 47.6 Å². The number of halogens is 2. The molecule has 1 unspecified atom stereocenters. The molecule has 0 heterocycles. The maximum Gasteiger partial charge on any atom is 0.234 e. The lowest BCUT2D eigenvalue weighted by atomic mass is 10.1. The molecule has 0 fully saturated rings. The van der Waals surface area contributed by atoms with Gasteiger partial charge in [-0.2, -0.15) is 0 Å². The van der Waals surface area contributed by atoms with Gasteiger partial charge in [0.05, 0.1) is 18.5 Å². The first-order valence-electron chi connectivity index (χ1n) is 7.52. The Labute approximate surface area is 149 Å². The van der Waals surface area contributed by atoms with E-state index in [-0.39, 0.29) is 18.1 Å². The molecule has 24 heavy (non-hydrogen) atoms. The van der Waals surface area contributed by atoms with Crippen molar-refractivity contribution in [2.45, 2.75) is 11.2 Å². The summed E-state index contributed by atoms with van der Waals surface area (Å²) in [6.07, 6.45) is 0.290. The van der Waals surface area contributed by atoms with Crippen LogP contribution in [0.3, 0.4) is 0 Å². The predicted molar refractivity (Wildman–Crippen MR) is 94.3 cm³/mol. The zero-order valence-corrected chi connectivity index (χ0v) is 14.9. The number of carbonyl (C=O) groups excluding carboxylic acids is 1. The average molecular weight is 396 g/mol. The van der Waals surface area contributed by atoms with Crippen LogP contribution in [0.1, 0.15) is 5.56 Å². The largest absolute Gasteiger partial charge is 0.497 e. The smallest absolute Gasteiger partial charge is 0.234 e. The van der Waals surface area contributed by atoms with E-state index in [4.69, 9.17) is 9.47 Å². The summed E-state index contributed by atoms with van der Waals surface area (Å²) in [6, 6.07) is 13.6. The first-order chi connectivity index (χ1) is 11.6. The van der Waals surface area contributed by atoms with E-state index in [0.717, 1.165) is 5.75 Å². The van der Waals surface area contributed by atoms with Crippen LogP contribution in [-0.2, 0) is 11.2 Å². The van der Waals surface area contributed by atoms with E-state index in [1.807, 2.05) is 0 Å². The normalized spacial score (nSPS) is 11.6. The van der Waals surface area contributed by atoms with Crippen LogP contribution in [0.4, 0.5) is 4.39 Å². The number of nitrogens with one attached hydrogen (secondary N) is 1. The standard InChI is InChI=1S/C18H19BrFNO3/c1-23-14-6-8-15(9-7-14)24-11-10-21-18(22)16(19)12-13-4-2-3-5-17(13)20/h2-9,16H,10-12H2,1H3,(H,21,22). The number of hydrogen-bond acceptors (Lipinski definition) is 3. The summed E-state index contributed by atoms with van der Waals surface area (Å²) in [7, 11) is 1.60. The highest BCUT2D eigenvalue weighted by Crippen LogP contribution is 2.17. The van der Waals surface area contributed by atoms with Crippen LogP contribution in [-0.4, -0.2) is 31.0 Å². The number of carbonyl (C=O) groups is 1. The van der Waals surface area contributed by atoms with Crippen molar-refractivity contribution in [2.75, 3.05) is 20.3 Å². The number of rotatable bonds is 8. The predicted octanol–water partition coefficient (Wildman–Crippen LogP) is 3.34. The number of amides is 1. The third-order valence-corrected chi connectivity index (χ3v) is 4.11. The maximum atomic E-state index is 13.6. The van der Waals surface area contributed by atoms with Gasteiger partial charge >= 0.3 is 0 Å². The third-order valence-electron chi connectivity index (χ3n) is 3.37. The van der Waals surface area contributed by atoms with E-state index >= 15 is 0 Å². The van der Waals surface area contributed by atoms with Gasteiger partial charge in [-0.25, -0.2) is 4.39 Å². The van der Waals surface area contributed by atoms with Gasteiger partial charge in [0.2, 0.25) is 5.91 Å². The highest BCUT2D eigenvalue weighted by atomic mass is 79.9. The number of ether oxygens (including phenoxy) is 2. The minimum absolute atomic E-state index is 0.198. The minimum atomic E-state index is -0.490. The lowest BCUT2D eigenvalue weighted by Gasteiger charge is -2.12. The molecule has 0 saturated heterocycles. The monoisotopic (exact) mass is 395 g/mol. The van der Waals surface area contributed by atoms with E-state index in [1.165, 1.54) is 6.07 Å². The number of hydrogen-bond donors (Lipinski definition) is 1. The molecule has 6 heteroatoms. The van der Waals surface area contributed by atoms with Crippen molar-refractivity contribution < 1.29 is 18.7 Å². The van der Waals surface area contributed by atoms with E-state index in [9.17, 15) is 9.18 Å². The first-order valence-corrected chi connectivity index (χ1v) is 8.43. The average Bonchev–Trinajstić information content (AvgIpc) is 2.61. The first kappa shape index (κ1) is 18.3. The molecule has 0 aliphatic carbocycles. The van der Waals surface area contributed by atoms with Crippen molar-refractivity contribution in [1.82, 2.24) is 5.32 Å². The fourth-order valence-electron chi connectivity index (χ4n) is 2.08. The molecule has 0 saturated carbocycles. The van der Waals surface area contributed by atoms with E-state index in [2.05, 4.69) is 21.2 Å². The molecule has 4 nitrogen and oxygen atoms in total. The molecular formula is C18H19BrFNO3. The van der Waals surface area contributed by atoms with Crippen molar-refractivity contribution in [1.29, 1.82) is 0 Å². The SMILES string of the molecule is COc1ccc(OCCNC(=O)C(Br)Cc2ccccc2F)cc1. The molecule has 1 atom stereocenters. The van der Waals surface area contributed by atoms with Crippen molar-refractivity contribution in [3.63, 3.8) is 0 Å². The number of methoxy groups -OCH3 is 1. The van der Waals surface area contributed by atoms with Crippen molar-refractivity contribution >= 4 is 21.8 Å². The van der Waals surface area contributed by atoms with Crippen LogP contribution in [0, 0.1) is 5.82 Å². The van der Waals surface area contributed by atoms with Crippen molar-refractivity contribution in [3.05, 3.63) is 59.9 Å². The van der Waals surface area contributed by atoms with Crippen LogP contribution >= 0.6 is 15.9 Å². The van der Waals surface area contributed by atoms with Crippen LogP contribution < -0.4 is 14.8 Å². The Morgan fingerprint density at radius 1 is 1.17 bits per heavy atom. The van der Waals surface area contributed by atoms with Crippen molar-refractivity contribution in [3.8, 4) is 11.5 Å². The number of alkyl halides is 1. The van der Waals surface area contributed by atoms with Gasteiger partial charge in [-0.3, -0.25) is 4.79 Å². The fraction of sp³-hybridized carbons (Fsp3) is 0.278. The molecular weight excluding hydrogens is 377 g/mol. The minimum Gasteiger partial charge on any atom is -0.497 e. The van der Waals surface area contributed by atoms with Gasteiger partial charge in [0.25, 0.3) is 0 Å². The highest BCUT2D eigenvalue weighted by molar-refractivity contribution is 9.10. The molecule has 0 bridgehead atoms. The maximum absolute atomic E-state index is 13.6. The van der Waals surface area contributed by atoms with Gasteiger partial charge < -0.3 is 14.8 Å². The Balaban J connectivity index is 1.71. The van der Waals surface area contributed by atoms with Gasteiger partial charge in [-0.1, -0.05) is 34.1 Å². The molecule has 0 spiro atoms. The fourth-order valence-corrected chi connectivity index (χ4v) is 2.59. The molecule has 0 aromatic heterocycles. The summed E-state index contributed by atoms with van der Waals surface area (Å²) in [5, 5.41) is 2.76. The van der Waals surface area contributed by atoms with Crippen LogP contribution in [0.15, 0.2) is 48.5 Å². The quantitative estimate of drug-likeness (QED) is 0.550. The van der Waals surface area contributed by atoms with Gasteiger partial charge in [0, 0.05) is 0 Å². The van der Waals surface area contributed by atoms with Crippen molar-refractivity contribution in [2.24, 2.45) is 0 Å². The Hall–Kier alpha value is -2.08. The van der Waals surface area contributed by atoms with E-state index in [1.54, 1.807) is 49.6 Å². The number of benzene rings is 2. The molecule has 2 aromatic rings. The Kier molecular flexibility index (Phi) is 7.06. The third kappa shape index (κ3) is 5.53. The highest BCUT2D eigenvalue weighted by Gasteiger charge is 2.16. The Morgan fingerprint density at radius 2 is 1.83 bits per heavy atom. The second kappa shape index (κ2) is 9.27. The lowest BCUT2D eigenvalue weighted by molar-refractivity contribution is -0.120. The summed E-state index contributed by atoms with van der Waals surface area (Å²) < 4.78 is 24.2. The van der Waals surface area contributed by atoms with Crippen LogP contribution in [0.5, 0.6) is 11.5 Å². The van der Waals surface area contributed by atoms with Gasteiger partial charge in [-0.05, 0) is 42.3 Å². The molecule has 2 rings (SSSR count). The van der Waals surface area contributed by atoms with Crippen LogP contribution in [0.25, 0.3) is 0 Å². The van der Waals surface area contributed by atoms with E-state index < -0.39 is 4.83 Å². The zero-order valence-electron chi connectivity index (χ0n) is 13.3.